The molecule has 106 valence electrons. The van der Waals surface area contributed by atoms with Crippen LogP contribution in [-0.4, -0.2) is 27.7 Å². The Balaban J connectivity index is 2.26. The van der Waals surface area contributed by atoms with E-state index < -0.39 is 15.8 Å². The maximum atomic E-state index is 13.2. The molecule has 0 saturated carbocycles. The van der Waals surface area contributed by atoms with Crippen molar-refractivity contribution in [2.24, 2.45) is 0 Å². The van der Waals surface area contributed by atoms with Crippen molar-refractivity contribution in [2.45, 2.75) is 23.8 Å². The van der Waals surface area contributed by atoms with Crippen molar-refractivity contribution >= 4 is 27.3 Å². The SMILES string of the molecule is Nc1cc(S(=O)(=O)NC2CCCOC2)c(Cl)cc1F. The van der Waals surface area contributed by atoms with Gasteiger partial charge >= 0.3 is 0 Å². The minimum atomic E-state index is -3.84. The lowest BCUT2D eigenvalue weighted by atomic mass is 10.1. The molecular weight excluding hydrogens is 295 g/mol. The van der Waals surface area contributed by atoms with E-state index in [1.165, 1.54) is 0 Å². The minimum absolute atomic E-state index is 0.198. The highest BCUT2D eigenvalue weighted by molar-refractivity contribution is 7.89. The van der Waals surface area contributed by atoms with Gasteiger partial charge in [-0.2, -0.15) is 0 Å². The number of benzene rings is 1. The second-order valence-electron chi connectivity index (χ2n) is 4.34. The van der Waals surface area contributed by atoms with Gasteiger partial charge in [0.2, 0.25) is 10.0 Å². The van der Waals surface area contributed by atoms with Crippen LogP contribution in [0, 0.1) is 5.82 Å². The van der Waals surface area contributed by atoms with Gasteiger partial charge in [0.15, 0.2) is 0 Å². The first-order valence-electron chi connectivity index (χ1n) is 5.75. The first-order valence-corrected chi connectivity index (χ1v) is 7.61. The highest BCUT2D eigenvalue weighted by Gasteiger charge is 2.25. The van der Waals surface area contributed by atoms with Gasteiger partial charge in [-0.15, -0.1) is 0 Å². The fraction of sp³-hybridized carbons (Fsp3) is 0.455. The molecule has 1 fully saturated rings. The zero-order valence-electron chi connectivity index (χ0n) is 10.0. The molecule has 0 aliphatic carbocycles. The Morgan fingerprint density at radius 1 is 1.47 bits per heavy atom. The van der Waals surface area contributed by atoms with Crippen LogP contribution in [0.3, 0.4) is 0 Å². The number of sulfonamides is 1. The van der Waals surface area contributed by atoms with E-state index in [1.54, 1.807) is 0 Å². The summed E-state index contributed by atoms with van der Waals surface area (Å²) in [6.07, 6.45) is 1.47. The summed E-state index contributed by atoms with van der Waals surface area (Å²) >= 11 is 5.76. The van der Waals surface area contributed by atoms with Crippen LogP contribution >= 0.6 is 11.6 Å². The van der Waals surface area contributed by atoms with Crippen LogP contribution in [0.15, 0.2) is 17.0 Å². The molecule has 1 aliphatic heterocycles. The van der Waals surface area contributed by atoms with Crippen LogP contribution in [0.25, 0.3) is 0 Å². The summed E-state index contributed by atoms with van der Waals surface area (Å²) in [5.41, 5.74) is 5.11. The summed E-state index contributed by atoms with van der Waals surface area (Å²) in [7, 11) is -3.84. The van der Waals surface area contributed by atoms with Gasteiger partial charge in [0.25, 0.3) is 0 Å². The third-order valence-corrected chi connectivity index (χ3v) is 4.81. The number of nitrogens with two attached hydrogens (primary N) is 1. The lowest BCUT2D eigenvalue weighted by Gasteiger charge is -2.23. The van der Waals surface area contributed by atoms with Crippen LogP contribution in [0.1, 0.15) is 12.8 Å². The third kappa shape index (κ3) is 3.36. The molecule has 1 aromatic carbocycles. The fourth-order valence-corrected chi connectivity index (χ4v) is 3.67. The van der Waals surface area contributed by atoms with Crippen molar-refractivity contribution in [3.05, 3.63) is 23.0 Å². The third-order valence-electron chi connectivity index (χ3n) is 2.82. The van der Waals surface area contributed by atoms with Crippen molar-refractivity contribution in [1.29, 1.82) is 0 Å². The number of ether oxygens (including phenoxy) is 1. The Hall–Kier alpha value is -0.890. The molecule has 1 heterocycles. The molecule has 1 aromatic rings. The number of hydrogen-bond acceptors (Lipinski definition) is 4. The second-order valence-corrected chi connectivity index (χ2v) is 6.43. The Bertz CT molecular complexity index is 574. The molecule has 0 aromatic heterocycles. The van der Waals surface area contributed by atoms with E-state index in [1.807, 2.05) is 0 Å². The van der Waals surface area contributed by atoms with Crippen molar-refractivity contribution in [3.8, 4) is 0 Å². The van der Waals surface area contributed by atoms with E-state index in [0.29, 0.717) is 19.6 Å². The summed E-state index contributed by atoms with van der Waals surface area (Å²) in [6, 6.07) is 1.60. The predicted octanol–water partition coefficient (Wildman–Crippen LogP) is 1.52. The standard InChI is InChI=1S/C11H14ClFN2O3S/c12-8-4-9(13)10(14)5-11(8)19(16,17)15-7-2-1-3-18-6-7/h4-5,7,15H,1-3,6,14H2. The largest absolute Gasteiger partial charge is 0.396 e. The van der Waals surface area contributed by atoms with Crippen LogP contribution in [0.4, 0.5) is 10.1 Å². The van der Waals surface area contributed by atoms with E-state index in [4.69, 9.17) is 22.1 Å². The van der Waals surface area contributed by atoms with Crippen LogP contribution in [-0.2, 0) is 14.8 Å². The van der Waals surface area contributed by atoms with E-state index in [2.05, 4.69) is 4.72 Å². The summed E-state index contributed by atoms with van der Waals surface area (Å²) < 4.78 is 45.1. The number of halogens is 2. The number of nitrogen functional groups attached to an aromatic ring is 1. The lowest BCUT2D eigenvalue weighted by molar-refractivity contribution is 0.0774. The van der Waals surface area contributed by atoms with Gasteiger partial charge in [0.05, 0.1) is 17.3 Å². The van der Waals surface area contributed by atoms with Gasteiger partial charge in [-0.25, -0.2) is 17.5 Å². The highest BCUT2D eigenvalue weighted by atomic mass is 35.5. The highest BCUT2D eigenvalue weighted by Crippen LogP contribution is 2.26. The Kier molecular flexibility index (Phi) is 4.29. The predicted molar refractivity (Wildman–Crippen MR) is 70.0 cm³/mol. The van der Waals surface area contributed by atoms with Crippen molar-refractivity contribution in [2.75, 3.05) is 18.9 Å². The van der Waals surface area contributed by atoms with E-state index >= 15 is 0 Å². The quantitative estimate of drug-likeness (QED) is 0.830. The first-order chi connectivity index (χ1) is 8.90. The van der Waals surface area contributed by atoms with Gasteiger partial charge in [-0.3, -0.25) is 0 Å². The average molecular weight is 309 g/mol. The second kappa shape index (κ2) is 5.62. The van der Waals surface area contributed by atoms with E-state index in [-0.39, 0.29) is 21.6 Å². The Morgan fingerprint density at radius 2 is 2.21 bits per heavy atom. The monoisotopic (exact) mass is 308 g/mol. The molecule has 5 nitrogen and oxygen atoms in total. The maximum absolute atomic E-state index is 13.2. The summed E-state index contributed by atoms with van der Waals surface area (Å²) in [6.45, 7) is 0.940. The Morgan fingerprint density at radius 3 is 2.84 bits per heavy atom. The van der Waals surface area contributed by atoms with E-state index in [9.17, 15) is 12.8 Å². The van der Waals surface area contributed by atoms with Crippen molar-refractivity contribution < 1.29 is 17.5 Å². The number of nitrogens with one attached hydrogen (secondary N) is 1. The summed E-state index contributed by atoms with van der Waals surface area (Å²) in [5.74, 6) is -0.745. The fourth-order valence-electron chi connectivity index (χ4n) is 1.87. The average Bonchev–Trinajstić information content (AvgIpc) is 2.34. The molecule has 1 atom stereocenters. The van der Waals surface area contributed by atoms with Crippen LogP contribution < -0.4 is 10.5 Å². The van der Waals surface area contributed by atoms with Crippen molar-refractivity contribution in [3.63, 3.8) is 0 Å². The topological polar surface area (TPSA) is 81.4 Å². The number of anilines is 1. The van der Waals surface area contributed by atoms with Gasteiger partial charge in [0, 0.05) is 12.6 Å². The molecule has 3 N–H and O–H groups in total. The number of hydrogen-bond donors (Lipinski definition) is 2. The van der Waals surface area contributed by atoms with Crippen LogP contribution in [0.2, 0.25) is 5.02 Å². The van der Waals surface area contributed by atoms with Gasteiger partial charge in [0.1, 0.15) is 10.7 Å². The number of rotatable bonds is 3. The normalized spacial score (nSPS) is 20.4. The maximum Gasteiger partial charge on any atom is 0.242 e. The molecule has 8 heteroatoms. The molecule has 2 rings (SSSR count). The molecule has 1 saturated heterocycles. The molecular formula is C11H14ClFN2O3S. The molecule has 0 radical (unpaired) electrons. The van der Waals surface area contributed by atoms with Gasteiger partial charge in [-0.05, 0) is 25.0 Å². The lowest BCUT2D eigenvalue weighted by Crippen LogP contribution is -2.40. The molecule has 1 unspecified atom stereocenters. The molecule has 0 bridgehead atoms. The summed E-state index contributed by atoms with van der Waals surface area (Å²) in [4.78, 5) is -0.223. The van der Waals surface area contributed by atoms with Gasteiger partial charge in [-0.1, -0.05) is 11.6 Å². The smallest absolute Gasteiger partial charge is 0.242 e. The Labute approximate surface area is 115 Å². The molecule has 0 amide bonds. The van der Waals surface area contributed by atoms with Crippen molar-refractivity contribution in [1.82, 2.24) is 4.72 Å². The minimum Gasteiger partial charge on any atom is -0.396 e. The first kappa shape index (κ1) is 14.5. The van der Waals surface area contributed by atoms with E-state index in [0.717, 1.165) is 18.6 Å². The molecule has 1 aliphatic rings. The van der Waals surface area contributed by atoms with Crippen LogP contribution in [0.5, 0.6) is 0 Å². The molecule has 0 spiro atoms. The van der Waals surface area contributed by atoms with Gasteiger partial charge < -0.3 is 10.5 Å². The zero-order valence-corrected chi connectivity index (χ0v) is 11.6. The molecule has 19 heavy (non-hydrogen) atoms. The zero-order chi connectivity index (χ0) is 14.0. The summed E-state index contributed by atoms with van der Waals surface area (Å²) in [5, 5.41) is -0.198.